The normalized spacial score (nSPS) is 10.9. The molecule has 10 aromatic carbocycles. The number of nitrogens with one attached hydrogen (secondary N) is 2. The van der Waals surface area contributed by atoms with Gasteiger partial charge < -0.3 is 29.4 Å². The van der Waals surface area contributed by atoms with Gasteiger partial charge in [0, 0.05) is 71.6 Å². The largest absolute Gasteiger partial charge is 0.569 e. The Bertz CT molecular complexity index is 3650. The molecule has 0 amide bonds. The van der Waals surface area contributed by atoms with E-state index in [1.165, 1.54) is 16.8 Å². The van der Waals surface area contributed by atoms with Gasteiger partial charge in [-0.1, -0.05) is 140 Å². The number of rotatable bonds is 9. The lowest BCUT2D eigenvalue weighted by Gasteiger charge is -2.15. The Labute approximate surface area is 413 Å². The van der Waals surface area contributed by atoms with E-state index in [1.54, 1.807) is 18.2 Å². The van der Waals surface area contributed by atoms with Crippen LogP contribution in [0.25, 0.3) is 66.1 Å². The van der Waals surface area contributed by atoms with Crippen LogP contribution in [0, 0.1) is 11.6 Å². The molecule has 70 heavy (non-hydrogen) atoms. The SMILES string of the molecule is Brc1ccccc1Nc1ccccc1.Fc1ccc(-n2c3ccccc3c3ccccc32)cc1-c1ccccc1Nc1ccccc1.O[B]Oc1cc(-n2c3ccccc3c3ccccc32)ccc1F. The summed E-state index contributed by atoms with van der Waals surface area (Å²) in [4.78, 5) is 0. The molecule has 1 radical (unpaired) electrons. The second-order valence-electron chi connectivity index (χ2n) is 16.2. The molecule has 0 atom stereocenters. The van der Waals surface area contributed by atoms with E-state index in [1.807, 2.05) is 174 Å². The van der Waals surface area contributed by atoms with E-state index in [4.69, 9.17) is 9.68 Å². The van der Waals surface area contributed by atoms with E-state index in [0.717, 1.165) is 77.0 Å². The lowest BCUT2D eigenvalue weighted by atomic mass is 10.0. The average Bonchev–Trinajstić information content (AvgIpc) is 3.92. The van der Waals surface area contributed by atoms with Gasteiger partial charge in [0.2, 0.25) is 0 Å². The fraction of sp³-hybridized carbons (Fsp3) is 0. The number of halogens is 3. The Kier molecular flexibility index (Phi) is 13.5. The number of para-hydroxylation sites is 8. The van der Waals surface area contributed by atoms with Crippen LogP contribution in [0.2, 0.25) is 0 Å². The summed E-state index contributed by atoms with van der Waals surface area (Å²) in [5, 5.41) is 20.2. The summed E-state index contributed by atoms with van der Waals surface area (Å²) in [5.74, 6) is -0.798. The number of hydrogen-bond acceptors (Lipinski definition) is 4. The highest BCUT2D eigenvalue weighted by molar-refractivity contribution is 9.10. The second kappa shape index (κ2) is 20.8. The number of fused-ring (bicyclic) bond motifs is 6. The zero-order valence-corrected chi connectivity index (χ0v) is 39.1. The summed E-state index contributed by atoms with van der Waals surface area (Å²) >= 11 is 3.49. The molecule has 0 spiro atoms. The van der Waals surface area contributed by atoms with Crippen molar-refractivity contribution in [3.05, 3.63) is 259 Å². The standard InChI is InChI=1S/C30H21FN2.C18H12BFNO2.C12H10BrN/c31-27-19-18-22(33-29-16-8-5-13-24(29)25-14-6-9-17-30(25)33)20-26(27)23-12-4-7-15-28(23)32-21-10-2-1-3-11-21;20-15-10-9-12(11-18(15)23-19-22)21-16-7-3-1-5-13(16)14-6-2-4-8-17(14)21;13-11-8-4-5-9-12(11)14-10-6-2-1-3-7-10/h1-20,32H;1-11,22H;1-9,14H. The molecule has 0 fully saturated rings. The van der Waals surface area contributed by atoms with E-state index in [-0.39, 0.29) is 11.6 Å². The molecule has 2 heterocycles. The Morgan fingerprint density at radius 2 is 0.800 bits per heavy atom. The molecule has 6 nitrogen and oxygen atoms in total. The fourth-order valence-electron chi connectivity index (χ4n) is 8.78. The van der Waals surface area contributed by atoms with E-state index in [2.05, 4.69) is 79.7 Å². The van der Waals surface area contributed by atoms with Crippen LogP contribution in [0.5, 0.6) is 5.75 Å². The first-order chi connectivity index (χ1) is 34.4. The summed E-state index contributed by atoms with van der Waals surface area (Å²) in [5.41, 5.74) is 11.3. The number of anilines is 4. The van der Waals surface area contributed by atoms with Gasteiger partial charge in [-0.3, -0.25) is 0 Å². The molecular formula is C60H43BBrF2N4O2. The summed E-state index contributed by atoms with van der Waals surface area (Å²) in [6.07, 6.45) is 0. The monoisotopic (exact) mass is 979 g/mol. The van der Waals surface area contributed by atoms with Gasteiger partial charge in [-0.05, 0) is 113 Å². The Morgan fingerprint density at radius 1 is 0.400 bits per heavy atom. The van der Waals surface area contributed by atoms with Crippen LogP contribution in [-0.2, 0) is 0 Å². The Morgan fingerprint density at radius 3 is 1.30 bits per heavy atom. The van der Waals surface area contributed by atoms with Gasteiger partial charge in [-0.2, -0.15) is 0 Å². The molecule has 0 bridgehead atoms. The summed E-state index contributed by atoms with van der Waals surface area (Å²) in [6, 6.07) is 78.7. The van der Waals surface area contributed by atoms with Crippen molar-refractivity contribution in [2.75, 3.05) is 10.6 Å². The molecule has 12 aromatic rings. The van der Waals surface area contributed by atoms with Gasteiger partial charge in [0.15, 0.2) is 5.82 Å². The third-order valence-corrected chi connectivity index (χ3v) is 12.6. The zero-order valence-electron chi connectivity index (χ0n) is 37.6. The van der Waals surface area contributed by atoms with Crippen molar-refractivity contribution in [3.63, 3.8) is 0 Å². The topological polar surface area (TPSA) is 63.4 Å². The molecule has 10 heteroatoms. The predicted octanol–water partition coefficient (Wildman–Crippen LogP) is 16.4. The molecule has 2 aromatic heterocycles. The summed E-state index contributed by atoms with van der Waals surface area (Å²) in [6.45, 7) is 0. The van der Waals surface area contributed by atoms with E-state index < -0.39 is 5.82 Å². The summed E-state index contributed by atoms with van der Waals surface area (Å²) < 4.78 is 39.1. The highest BCUT2D eigenvalue weighted by atomic mass is 79.9. The Balaban J connectivity index is 0.000000133. The first-order valence-corrected chi connectivity index (χ1v) is 23.4. The van der Waals surface area contributed by atoms with Crippen LogP contribution in [0.4, 0.5) is 31.5 Å². The van der Waals surface area contributed by atoms with Crippen molar-refractivity contribution in [1.29, 1.82) is 0 Å². The van der Waals surface area contributed by atoms with Gasteiger partial charge in [-0.25, -0.2) is 8.78 Å². The van der Waals surface area contributed by atoms with Crippen molar-refractivity contribution in [2.24, 2.45) is 0 Å². The lowest BCUT2D eigenvalue weighted by Crippen LogP contribution is -2.03. The third kappa shape index (κ3) is 9.51. The van der Waals surface area contributed by atoms with Gasteiger partial charge in [0.25, 0.3) is 0 Å². The maximum atomic E-state index is 15.2. The maximum absolute atomic E-state index is 15.2. The van der Waals surface area contributed by atoms with Gasteiger partial charge in [0.05, 0.1) is 27.8 Å². The minimum Gasteiger partial charge on any atom is -0.535 e. The van der Waals surface area contributed by atoms with Crippen molar-refractivity contribution in [3.8, 4) is 28.3 Å². The number of nitrogens with zero attached hydrogens (tertiary/aromatic N) is 2. The highest BCUT2D eigenvalue weighted by Gasteiger charge is 2.17. The highest BCUT2D eigenvalue weighted by Crippen LogP contribution is 2.37. The minimum atomic E-state index is -0.528. The number of hydrogen-bond donors (Lipinski definition) is 3. The van der Waals surface area contributed by atoms with Crippen LogP contribution in [-0.4, -0.2) is 21.8 Å². The van der Waals surface area contributed by atoms with Gasteiger partial charge in [0.1, 0.15) is 11.6 Å². The van der Waals surface area contributed by atoms with Crippen molar-refractivity contribution in [1.82, 2.24) is 9.13 Å². The molecular weight excluding hydrogens is 937 g/mol. The quantitative estimate of drug-likeness (QED) is 0.126. The average molecular weight is 981 g/mol. The minimum absolute atomic E-state index is 0.0214. The maximum Gasteiger partial charge on any atom is 0.569 e. The van der Waals surface area contributed by atoms with Crippen LogP contribution >= 0.6 is 15.9 Å². The van der Waals surface area contributed by atoms with E-state index >= 15 is 4.39 Å². The first kappa shape index (κ1) is 45.4. The predicted molar refractivity (Wildman–Crippen MR) is 289 cm³/mol. The van der Waals surface area contributed by atoms with Crippen LogP contribution in [0.15, 0.2) is 247 Å². The molecule has 0 aliphatic carbocycles. The molecule has 0 aliphatic rings. The van der Waals surface area contributed by atoms with Gasteiger partial charge >= 0.3 is 7.69 Å². The van der Waals surface area contributed by atoms with Crippen molar-refractivity contribution in [2.45, 2.75) is 0 Å². The van der Waals surface area contributed by atoms with Crippen molar-refractivity contribution >= 4 is 90.0 Å². The molecule has 339 valence electrons. The molecule has 0 unspecified atom stereocenters. The molecule has 0 saturated heterocycles. The molecule has 12 rings (SSSR count). The third-order valence-electron chi connectivity index (χ3n) is 11.9. The lowest BCUT2D eigenvalue weighted by molar-refractivity contribution is 0.431. The summed E-state index contributed by atoms with van der Waals surface area (Å²) in [7, 11) is 0.480. The molecule has 0 saturated carbocycles. The van der Waals surface area contributed by atoms with Crippen LogP contribution < -0.4 is 15.3 Å². The number of aromatic nitrogens is 2. The second-order valence-corrected chi connectivity index (χ2v) is 17.1. The molecule has 3 N–H and O–H groups in total. The van der Waals surface area contributed by atoms with E-state index in [9.17, 15) is 4.39 Å². The van der Waals surface area contributed by atoms with Gasteiger partial charge in [-0.15, -0.1) is 0 Å². The van der Waals surface area contributed by atoms with E-state index in [0.29, 0.717) is 13.2 Å². The first-order valence-electron chi connectivity index (χ1n) is 22.6. The van der Waals surface area contributed by atoms with Crippen LogP contribution in [0.3, 0.4) is 0 Å². The smallest absolute Gasteiger partial charge is 0.535 e. The molecule has 0 aliphatic heterocycles. The zero-order chi connectivity index (χ0) is 47.8. The fourth-order valence-corrected chi connectivity index (χ4v) is 9.17. The van der Waals surface area contributed by atoms with Crippen LogP contribution in [0.1, 0.15) is 0 Å². The number of benzene rings is 10. The Hall–Kier alpha value is -8.44. The van der Waals surface area contributed by atoms with Crippen molar-refractivity contribution < 1.29 is 18.5 Å².